The summed E-state index contributed by atoms with van der Waals surface area (Å²) in [5.41, 5.74) is 0. The molecule has 3 unspecified atom stereocenters. The lowest BCUT2D eigenvalue weighted by Gasteiger charge is -2.46. The Bertz CT molecular complexity index is 318. The van der Waals surface area contributed by atoms with Crippen molar-refractivity contribution in [2.45, 2.75) is 62.8 Å². The van der Waals surface area contributed by atoms with Gasteiger partial charge < -0.3 is 18.9 Å². The molecule has 17 heavy (non-hydrogen) atoms. The van der Waals surface area contributed by atoms with Gasteiger partial charge in [-0.25, -0.2) is 0 Å². The van der Waals surface area contributed by atoms with Gasteiger partial charge in [0.05, 0.1) is 18.0 Å². The van der Waals surface area contributed by atoms with E-state index < -0.39 is 11.6 Å². The molecule has 3 aliphatic rings. The predicted octanol–water partition coefficient (Wildman–Crippen LogP) is 1.77. The topological polar surface area (TPSA) is 36.9 Å². The molecule has 0 aromatic heterocycles. The monoisotopic (exact) mass is 260 g/mol. The molecule has 3 saturated heterocycles. The van der Waals surface area contributed by atoms with Crippen molar-refractivity contribution in [3.63, 3.8) is 0 Å². The van der Waals surface area contributed by atoms with E-state index >= 15 is 0 Å². The molecule has 0 aromatic carbocycles. The van der Waals surface area contributed by atoms with Crippen LogP contribution in [-0.4, -0.2) is 47.5 Å². The van der Waals surface area contributed by atoms with E-state index in [4.69, 9.17) is 18.9 Å². The fraction of sp³-hybridized carbons (Fsp3) is 1.00. The molecule has 3 rings (SSSR count). The molecule has 4 nitrogen and oxygen atoms in total. The van der Waals surface area contributed by atoms with Gasteiger partial charge in [0.2, 0.25) is 0 Å². The second-order valence-electron chi connectivity index (χ2n) is 5.80. The van der Waals surface area contributed by atoms with E-state index in [-0.39, 0.29) is 18.3 Å². The minimum atomic E-state index is -0.514. The molecule has 0 aliphatic carbocycles. The largest absolute Gasteiger partial charge is 0.349 e. The van der Waals surface area contributed by atoms with Crippen LogP contribution < -0.4 is 0 Å². The molecule has 0 N–H and O–H groups in total. The van der Waals surface area contributed by atoms with E-state index in [2.05, 4.69) is 0 Å². The van der Waals surface area contributed by atoms with Crippen molar-refractivity contribution in [2.24, 2.45) is 0 Å². The lowest BCUT2D eigenvalue weighted by atomic mass is 10.0. The molecular formula is C12H20O4S. The lowest BCUT2D eigenvalue weighted by molar-refractivity contribution is -0.290. The van der Waals surface area contributed by atoms with Crippen LogP contribution in [0.4, 0.5) is 0 Å². The Balaban J connectivity index is 1.80. The fourth-order valence-electron chi connectivity index (χ4n) is 2.73. The summed E-state index contributed by atoms with van der Waals surface area (Å²) >= 11 is 1.87. The second kappa shape index (κ2) is 3.84. The zero-order valence-electron chi connectivity index (χ0n) is 10.8. The number of rotatable bonds is 0. The maximum Gasteiger partial charge on any atom is 0.163 e. The zero-order chi connectivity index (χ0) is 12.3. The van der Waals surface area contributed by atoms with Crippen LogP contribution in [0.2, 0.25) is 0 Å². The van der Waals surface area contributed by atoms with Crippen LogP contribution in [0.5, 0.6) is 0 Å². The lowest BCUT2D eigenvalue weighted by Crippen LogP contribution is -2.57. The highest BCUT2D eigenvalue weighted by Gasteiger charge is 2.54. The molecule has 0 radical (unpaired) electrons. The molecule has 3 fully saturated rings. The average Bonchev–Trinajstić information content (AvgIpc) is 2.51. The standard InChI is InChI=1S/C12H20O4S/c1-11(2)13-5-8-10(16-11)9-7(6-17-8)14-12(3,4)15-9/h7-10H,5-6H2,1-4H3/t7?,8?,9?,10-/m1/s1. The highest BCUT2D eigenvalue weighted by atomic mass is 32.2. The zero-order valence-corrected chi connectivity index (χ0v) is 11.6. The Morgan fingerprint density at radius 3 is 2.41 bits per heavy atom. The Hall–Kier alpha value is 0.190. The minimum absolute atomic E-state index is 0.0411. The summed E-state index contributed by atoms with van der Waals surface area (Å²) in [6.07, 6.45) is 0.258. The van der Waals surface area contributed by atoms with Crippen molar-refractivity contribution in [1.29, 1.82) is 0 Å². The molecule has 4 atom stereocenters. The maximum atomic E-state index is 6.04. The van der Waals surface area contributed by atoms with Crippen LogP contribution in [0, 0.1) is 0 Å². The smallest absolute Gasteiger partial charge is 0.163 e. The van der Waals surface area contributed by atoms with Crippen LogP contribution in [0.3, 0.4) is 0 Å². The van der Waals surface area contributed by atoms with Gasteiger partial charge in [0, 0.05) is 5.75 Å². The third-order valence-electron chi connectivity index (χ3n) is 3.40. The van der Waals surface area contributed by atoms with E-state index in [0.29, 0.717) is 5.25 Å². The van der Waals surface area contributed by atoms with Gasteiger partial charge >= 0.3 is 0 Å². The third-order valence-corrected chi connectivity index (χ3v) is 4.75. The van der Waals surface area contributed by atoms with Gasteiger partial charge in [-0.15, -0.1) is 0 Å². The van der Waals surface area contributed by atoms with Crippen LogP contribution in [0.15, 0.2) is 0 Å². The van der Waals surface area contributed by atoms with E-state index in [1.165, 1.54) is 0 Å². The molecular weight excluding hydrogens is 240 g/mol. The maximum absolute atomic E-state index is 6.04. The molecule has 0 spiro atoms. The number of ether oxygens (including phenoxy) is 4. The van der Waals surface area contributed by atoms with Gasteiger partial charge in [-0.3, -0.25) is 0 Å². The van der Waals surface area contributed by atoms with Crippen molar-refractivity contribution in [1.82, 2.24) is 0 Å². The first-order valence-corrected chi connectivity index (χ1v) is 7.20. The van der Waals surface area contributed by atoms with Crippen molar-refractivity contribution in [3.05, 3.63) is 0 Å². The summed E-state index contributed by atoms with van der Waals surface area (Å²) in [5, 5.41) is 0.363. The van der Waals surface area contributed by atoms with Gasteiger partial charge in [-0.2, -0.15) is 11.8 Å². The summed E-state index contributed by atoms with van der Waals surface area (Å²) in [4.78, 5) is 0. The Morgan fingerprint density at radius 1 is 0.941 bits per heavy atom. The molecule has 98 valence electrons. The Kier molecular flexibility index (Phi) is 2.76. The quantitative estimate of drug-likeness (QED) is 0.663. The van der Waals surface area contributed by atoms with Gasteiger partial charge in [-0.05, 0) is 27.7 Å². The highest BCUT2D eigenvalue weighted by molar-refractivity contribution is 8.00. The van der Waals surface area contributed by atoms with Crippen molar-refractivity contribution >= 4 is 11.8 Å². The fourth-order valence-corrected chi connectivity index (χ4v) is 3.98. The predicted molar refractivity (Wildman–Crippen MR) is 65.0 cm³/mol. The van der Waals surface area contributed by atoms with Crippen LogP contribution in [0.25, 0.3) is 0 Å². The number of fused-ring (bicyclic) bond motifs is 3. The summed E-state index contributed by atoms with van der Waals surface area (Å²) in [5.74, 6) is -0.0429. The van der Waals surface area contributed by atoms with E-state index in [1.54, 1.807) is 0 Å². The summed E-state index contributed by atoms with van der Waals surface area (Å²) in [6, 6.07) is 0. The first kappa shape index (κ1) is 12.2. The summed E-state index contributed by atoms with van der Waals surface area (Å²) in [7, 11) is 0. The second-order valence-corrected chi connectivity index (χ2v) is 7.08. The highest BCUT2D eigenvalue weighted by Crippen LogP contribution is 2.43. The van der Waals surface area contributed by atoms with Gasteiger partial charge in [0.25, 0.3) is 0 Å². The van der Waals surface area contributed by atoms with E-state index in [0.717, 1.165) is 12.4 Å². The summed E-state index contributed by atoms with van der Waals surface area (Å²) in [6.45, 7) is 8.58. The normalized spacial score (nSPS) is 47.3. The van der Waals surface area contributed by atoms with Crippen LogP contribution >= 0.6 is 11.8 Å². The molecule has 0 aromatic rings. The average molecular weight is 260 g/mol. The van der Waals surface area contributed by atoms with Crippen molar-refractivity contribution in [3.8, 4) is 0 Å². The molecule has 0 saturated carbocycles. The first-order chi connectivity index (χ1) is 7.86. The van der Waals surface area contributed by atoms with Crippen molar-refractivity contribution in [2.75, 3.05) is 12.4 Å². The molecule has 3 heterocycles. The van der Waals surface area contributed by atoms with Crippen LogP contribution in [-0.2, 0) is 18.9 Å². The minimum Gasteiger partial charge on any atom is -0.349 e. The van der Waals surface area contributed by atoms with E-state index in [9.17, 15) is 0 Å². The SMILES string of the molecule is CC1(C)OC2CSC3COC(C)(C)O[C@H]3C2O1. The van der Waals surface area contributed by atoms with E-state index in [1.807, 2.05) is 39.5 Å². The molecule has 3 aliphatic heterocycles. The molecule has 5 heteroatoms. The van der Waals surface area contributed by atoms with Crippen molar-refractivity contribution < 1.29 is 18.9 Å². The summed E-state index contributed by atoms with van der Waals surface area (Å²) < 4.78 is 23.6. The Labute approximate surface area is 106 Å². The molecule has 0 amide bonds. The van der Waals surface area contributed by atoms with Gasteiger partial charge in [0.15, 0.2) is 11.6 Å². The first-order valence-electron chi connectivity index (χ1n) is 6.15. The molecule has 0 bridgehead atoms. The third kappa shape index (κ3) is 2.24. The van der Waals surface area contributed by atoms with Gasteiger partial charge in [0.1, 0.15) is 12.2 Å². The number of hydrogen-bond donors (Lipinski definition) is 0. The van der Waals surface area contributed by atoms with Gasteiger partial charge in [-0.1, -0.05) is 0 Å². The number of hydrogen-bond acceptors (Lipinski definition) is 5. The van der Waals surface area contributed by atoms with Crippen LogP contribution in [0.1, 0.15) is 27.7 Å². The number of thioether (sulfide) groups is 1. The Morgan fingerprint density at radius 2 is 1.65 bits per heavy atom.